The zero-order valence-corrected chi connectivity index (χ0v) is 11.7. The van der Waals surface area contributed by atoms with Gasteiger partial charge in [0.2, 0.25) is 5.91 Å². The van der Waals surface area contributed by atoms with E-state index in [-0.39, 0.29) is 17.5 Å². The highest BCUT2D eigenvalue weighted by molar-refractivity contribution is 6.30. The van der Waals surface area contributed by atoms with Crippen molar-refractivity contribution in [2.45, 2.75) is 6.92 Å². The lowest BCUT2D eigenvalue weighted by molar-refractivity contribution is -0.114. The van der Waals surface area contributed by atoms with Crippen LogP contribution >= 0.6 is 11.6 Å². The van der Waals surface area contributed by atoms with Gasteiger partial charge in [0.25, 0.3) is 0 Å². The predicted molar refractivity (Wildman–Crippen MR) is 79.7 cm³/mol. The van der Waals surface area contributed by atoms with Gasteiger partial charge in [0.05, 0.1) is 6.54 Å². The molecule has 0 spiro atoms. The molecule has 0 unspecified atom stereocenters. The minimum Gasteiger partial charge on any atom is -0.376 e. The Morgan fingerprint density at radius 1 is 1.25 bits per heavy atom. The van der Waals surface area contributed by atoms with Gasteiger partial charge in [0.1, 0.15) is 5.82 Å². The van der Waals surface area contributed by atoms with Crippen LogP contribution in [0.2, 0.25) is 5.02 Å². The molecule has 0 radical (unpaired) electrons. The van der Waals surface area contributed by atoms with Crippen LogP contribution in [0, 0.1) is 12.7 Å². The Balaban J connectivity index is 1.94. The first kappa shape index (κ1) is 14.3. The minimum atomic E-state index is -0.445. The van der Waals surface area contributed by atoms with E-state index in [9.17, 15) is 9.18 Å². The molecule has 2 aromatic carbocycles. The molecule has 5 heteroatoms. The summed E-state index contributed by atoms with van der Waals surface area (Å²) < 4.78 is 13.1. The Labute approximate surface area is 121 Å². The average Bonchev–Trinajstić information content (AvgIpc) is 2.38. The standard InChI is InChI=1S/C15H14ClFN2O/c1-10-4-2-3-5-14(10)19-15(20)9-18-13-7-11(16)6-12(17)8-13/h2-8,18H,9H2,1H3,(H,19,20). The van der Waals surface area contributed by atoms with E-state index in [0.717, 1.165) is 11.3 Å². The summed E-state index contributed by atoms with van der Waals surface area (Å²) >= 11 is 5.74. The minimum absolute atomic E-state index is 0.0358. The second-order valence-corrected chi connectivity index (χ2v) is 4.81. The Hall–Kier alpha value is -2.07. The van der Waals surface area contributed by atoms with Gasteiger partial charge in [0.15, 0.2) is 0 Å². The Morgan fingerprint density at radius 3 is 2.70 bits per heavy atom. The Kier molecular flexibility index (Phi) is 4.58. The quantitative estimate of drug-likeness (QED) is 0.899. The van der Waals surface area contributed by atoms with Gasteiger partial charge in [-0.15, -0.1) is 0 Å². The van der Waals surface area contributed by atoms with Crippen molar-refractivity contribution in [2.75, 3.05) is 17.2 Å². The summed E-state index contributed by atoms with van der Waals surface area (Å²) in [6.45, 7) is 1.95. The molecule has 0 aliphatic heterocycles. The number of carbonyl (C=O) groups excluding carboxylic acids is 1. The van der Waals surface area contributed by atoms with E-state index in [4.69, 9.17) is 11.6 Å². The van der Waals surface area contributed by atoms with E-state index in [1.165, 1.54) is 12.1 Å². The molecule has 0 aliphatic carbocycles. The van der Waals surface area contributed by atoms with Crippen molar-refractivity contribution < 1.29 is 9.18 Å². The van der Waals surface area contributed by atoms with Crippen molar-refractivity contribution in [1.29, 1.82) is 0 Å². The van der Waals surface area contributed by atoms with Gasteiger partial charge in [-0.1, -0.05) is 29.8 Å². The third-order valence-corrected chi connectivity index (χ3v) is 2.95. The number of hydrogen-bond donors (Lipinski definition) is 2. The number of amides is 1. The first-order valence-electron chi connectivity index (χ1n) is 6.10. The number of aryl methyl sites for hydroxylation is 1. The molecule has 2 rings (SSSR count). The van der Waals surface area contributed by atoms with Crippen molar-refractivity contribution in [2.24, 2.45) is 0 Å². The summed E-state index contributed by atoms with van der Waals surface area (Å²) in [6, 6.07) is 11.5. The number of halogens is 2. The van der Waals surface area contributed by atoms with Crippen molar-refractivity contribution in [3.05, 3.63) is 58.9 Å². The number of nitrogens with one attached hydrogen (secondary N) is 2. The van der Waals surface area contributed by atoms with E-state index in [0.29, 0.717) is 5.69 Å². The van der Waals surface area contributed by atoms with Gasteiger partial charge in [-0.3, -0.25) is 4.79 Å². The molecule has 0 aromatic heterocycles. The molecular weight excluding hydrogens is 279 g/mol. The van der Waals surface area contributed by atoms with Gasteiger partial charge in [-0.25, -0.2) is 4.39 Å². The van der Waals surface area contributed by atoms with Crippen molar-refractivity contribution in [1.82, 2.24) is 0 Å². The Morgan fingerprint density at radius 2 is 2.00 bits per heavy atom. The van der Waals surface area contributed by atoms with Crippen molar-refractivity contribution in [3.63, 3.8) is 0 Å². The summed E-state index contributed by atoms with van der Waals surface area (Å²) in [4.78, 5) is 11.8. The lowest BCUT2D eigenvalue weighted by Crippen LogP contribution is -2.22. The topological polar surface area (TPSA) is 41.1 Å². The van der Waals surface area contributed by atoms with Crippen LogP contribution in [0.4, 0.5) is 15.8 Å². The molecule has 20 heavy (non-hydrogen) atoms. The molecule has 0 heterocycles. The molecule has 2 N–H and O–H groups in total. The molecule has 0 fully saturated rings. The van der Waals surface area contributed by atoms with Crippen LogP contribution in [0.25, 0.3) is 0 Å². The zero-order valence-electron chi connectivity index (χ0n) is 10.9. The summed E-state index contributed by atoms with van der Waals surface area (Å²) in [6.07, 6.45) is 0. The fourth-order valence-electron chi connectivity index (χ4n) is 1.75. The third kappa shape index (κ3) is 3.96. The largest absolute Gasteiger partial charge is 0.376 e. The number of benzene rings is 2. The number of anilines is 2. The smallest absolute Gasteiger partial charge is 0.243 e. The normalized spacial score (nSPS) is 10.2. The van der Waals surface area contributed by atoms with E-state index in [1.54, 1.807) is 6.07 Å². The predicted octanol–water partition coefficient (Wildman–Crippen LogP) is 3.84. The first-order chi connectivity index (χ1) is 9.54. The molecule has 0 aliphatic rings. The number of hydrogen-bond acceptors (Lipinski definition) is 2. The highest BCUT2D eigenvalue weighted by Crippen LogP contribution is 2.18. The summed E-state index contributed by atoms with van der Waals surface area (Å²) in [5.41, 5.74) is 2.21. The molecular formula is C15H14ClFN2O. The van der Waals surface area contributed by atoms with Gasteiger partial charge in [-0.2, -0.15) is 0 Å². The summed E-state index contributed by atoms with van der Waals surface area (Å²) in [5.74, 6) is -0.654. The van der Waals surface area contributed by atoms with Crippen LogP contribution < -0.4 is 10.6 Å². The van der Waals surface area contributed by atoms with E-state index >= 15 is 0 Å². The maximum absolute atomic E-state index is 13.1. The van der Waals surface area contributed by atoms with E-state index in [2.05, 4.69) is 10.6 Å². The number of rotatable bonds is 4. The van der Waals surface area contributed by atoms with Gasteiger partial charge < -0.3 is 10.6 Å². The number of carbonyl (C=O) groups is 1. The maximum Gasteiger partial charge on any atom is 0.243 e. The fraction of sp³-hybridized carbons (Fsp3) is 0.133. The number of para-hydroxylation sites is 1. The maximum atomic E-state index is 13.1. The summed E-state index contributed by atoms with van der Waals surface area (Å²) in [5, 5.41) is 5.89. The van der Waals surface area contributed by atoms with Crippen LogP contribution in [0.1, 0.15) is 5.56 Å². The van der Waals surface area contributed by atoms with Gasteiger partial charge in [-0.05, 0) is 36.8 Å². The molecule has 0 saturated heterocycles. The molecule has 104 valence electrons. The molecule has 3 nitrogen and oxygen atoms in total. The summed E-state index contributed by atoms with van der Waals surface area (Å²) in [7, 11) is 0. The van der Waals surface area contributed by atoms with Crippen LogP contribution in [0.3, 0.4) is 0 Å². The molecule has 2 aromatic rings. The van der Waals surface area contributed by atoms with Crippen LogP contribution in [-0.2, 0) is 4.79 Å². The Bertz CT molecular complexity index is 611. The monoisotopic (exact) mass is 292 g/mol. The third-order valence-electron chi connectivity index (χ3n) is 2.73. The van der Waals surface area contributed by atoms with Crippen molar-refractivity contribution in [3.8, 4) is 0 Å². The van der Waals surface area contributed by atoms with Crippen molar-refractivity contribution >= 4 is 28.9 Å². The SMILES string of the molecule is Cc1ccccc1NC(=O)CNc1cc(F)cc(Cl)c1. The first-order valence-corrected chi connectivity index (χ1v) is 6.48. The fourth-order valence-corrected chi connectivity index (χ4v) is 1.97. The zero-order chi connectivity index (χ0) is 14.5. The highest BCUT2D eigenvalue weighted by atomic mass is 35.5. The average molecular weight is 293 g/mol. The second-order valence-electron chi connectivity index (χ2n) is 4.37. The molecule has 1 amide bonds. The lowest BCUT2D eigenvalue weighted by Gasteiger charge is -2.10. The van der Waals surface area contributed by atoms with Gasteiger partial charge in [0, 0.05) is 16.4 Å². The van der Waals surface area contributed by atoms with Crippen LogP contribution in [0.15, 0.2) is 42.5 Å². The van der Waals surface area contributed by atoms with Gasteiger partial charge >= 0.3 is 0 Å². The second kappa shape index (κ2) is 6.39. The molecule has 0 bridgehead atoms. The van der Waals surface area contributed by atoms with E-state index < -0.39 is 5.82 Å². The molecule has 0 saturated carbocycles. The molecule has 0 atom stereocenters. The highest BCUT2D eigenvalue weighted by Gasteiger charge is 2.05. The van der Waals surface area contributed by atoms with Crippen LogP contribution in [-0.4, -0.2) is 12.5 Å². The lowest BCUT2D eigenvalue weighted by atomic mass is 10.2. The van der Waals surface area contributed by atoms with E-state index in [1.807, 2.05) is 31.2 Å². The van der Waals surface area contributed by atoms with Crippen LogP contribution in [0.5, 0.6) is 0 Å².